The van der Waals surface area contributed by atoms with Gasteiger partial charge in [-0.25, -0.2) is 10.2 Å². The summed E-state index contributed by atoms with van der Waals surface area (Å²) in [6.45, 7) is 2.40. The van der Waals surface area contributed by atoms with E-state index in [1.165, 1.54) is 19.0 Å². The highest BCUT2D eigenvalue weighted by Crippen LogP contribution is 2.15. The molecular formula is C13H18N4O4. The normalized spacial score (nSPS) is 9.48. The van der Waals surface area contributed by atoms with Gasteiger partial charge in [-0.1, -0.05) is 0 Å². The molecule has 0 unspecified atom stereocenters. The third kappa shape index (κ3) is 5.39. The molecule has 0 aliphatic heterocycles. The van der Waals surface area contributed by atoms with Crippen molar-refractivity contribution in [3.05, 3.63) is 24.3 Å². The number of hydrogen-bond donors (Lipinski definition) is 3. The average molecular weight is 294 g/mol. The average Bonchev–Trinajstić information content (AvgIpc) is 2.46. The molecule has 3 N–H and O–H groups in total. The van der Waals surface area contributed by atoms with Crippen LogP contribution in [0.25, 0.3) is 0 Å². The standard InChI is InChI=1S/C13H18N4O4/c1-4-21-10-7-5-9(6-8-10)14-11(18)12(19)15-16-13(20)17(2)3/h5-8H,4H2,1-3H3,(H,14,18)(H,15,19)(H,16,20). The van der Waals surface area contributed by atoms with Gasteiger partial charge in [0.2, 0.25) is 0 Å². The highest BCUT2D eigenvalue weighted by atomic mass is 16.5. The molecule has 8 heteroatoms. The van der Waals surface area contributed by atoms with E-state index in [4.69, 9.17) is 4.74 Å². The molecule has 0 aliphatic rings. The number of rotatable bonds is 3. The van der Waals surface area contributed by atoms with Crippen molar-refractivity contribution in [3.63, 3.8) is 0 Å². The minimum Gasteiger partial charge on any atom is -0.494 e. The minimum atomic E-state index is -0.973. The zero-order valence-corrected chi connectivity index (χ0v) is 12.1. The number of hydrogen-bond acceptors (Lipinski definition) is 4. The molecule has 1 aromatic carbocycles. The van der Waals surface area contributed by atoms with Gasteiger partial charge in [0.1, 0.15) is 5.75 Å². The summed E-state index contributed by atoms with van der Waals surface area (Å²) in [5.74, 6) is -1.20. The van der Waals surface area contributed by atoms with Gasteiger partial charge in [-0.15, -0.1) is 0 Å². The second kappa shape index (κ2) is 7.73. The summed E-state index contributed by atoms with van der Waals surface area (Å²) in [6, 6.07) is 6.01. The lowest BCUT2D eigenvalue weighted by molar-refractivity contribution is -0.136. The third-order valence-electron chi connectivity index (χ3n) is 2.32. The molecule has 0 aliphatic carbocycles. The van der Waals surface area contributed by atoms with Crippen molar-refractivity contribution >= 4 is 23.5 Å². The summed E-state index contributed by atoms with van der Waals surface area (Å²) < 4.78 is 5.26. The van der Waals surface area contributed by atoms with Crippen LogP contribution in [0.15, 0.2) is 24.3 Å². The molecule has 0 bridgehead atoms. The number of carbonyl (C=O) groups excluding carboxylic acids is 3. The fraction of sp³-hybridized carbons (Fsp3) is 0.308. The smallest absolute Gasteiger partial charge is 0.335 e. The maximum atomic E-state index is 11.6. The molecule has 8 nitrogen and oxygen atoms in total. The Hall–Kier alpha value is -2.77. The van der Waals surface area contributed by atoms with Crippen LogP contribution in [-0.2, 0) is 9.59 Å². The van der Waals surface area contributed by atoms with Crippen molar-refractivity contribution in [2.75, 3.05) is 26.0 Å². The first-order chi connectivity index (χ1) is 9.93. The highest BCUT2D eigenvalue weighted by molar-refractivity contribution is 6.39. The van der Waals surface area contributed by atoms with E-state index >= 15 is 0 Å². The Morgan fingerprint density at radius 2 is 1.67 bits per heavy atom. The number of nitrogens with zero attached hydrogens (tertiary/aromatic N) is 1. The summed E-state index contributed by atoms with van der Waals surface area (Å²) in [7, 11) is 3.00. The molecule has 21 heavy (non-hydrogen) atoms. The summed E-state index contributed by atoms with van der Waals surface area (Å²) >= 11 is 0. The summed E-state index contributed by atoms with van der Waals surface area (Å²) in [4.78, 5) is 35.4. The lowest BCUT2D eigenvalue weighted by Crippen LogP contribution is -2.49. The first kappa shape index (κ1) is 16.3. The van der Waals surface area contributed by atoms with Crippen molar-refractivity contribution < 1.29 is 19.1 Å². The van der Waals surface area contributed by atoms with Crippen molar-refractivity contribution in [1.29, 1.82) is 0 Å². The Kier molecular flexibility index (Phi) is 5.99. The number of benzene rings is 1. The molecule has 0 saturated heterocycles. The van der Waals surface area contributed by atoms with Crippen LogP contribution in [-0.4, -0.2) is 43.4 Å². The van der Waals surface area contributed by atoms with Gasteiger partial charge in [0, 0.05) is 19.8 Å². The maximum Gasteiger partial charge on any atom is 0.335 e. The molecule has 1 rings (SSSR count). The van der Waals surface area contributed by atoms with E-state index in [0.717, 1.165) is 0 Å². The van der Waals surface area contributed by atoms with Crippen molar-refractivity contribution in [3.8, 4) is 5.75 Å². The van der Waals surface area contributed by atoms with Gasteiger partial charge in [0.25, 0.3) is 0 Å². The van der Waals surface area contributed by atoms with Gasteiger partial charge >= 0.3 is 17.8 Å². The first-order valence-electron chi connectivity index (χ1n) is 6.25. The van der Waals surface area contributed by atoms with E-state index in [1.807, 2.05) is 12.3 Å². The monoisotopic (exact) mass is 294 g/mol. The van der Waals surface area contributed by atoms with E-state index in [1.54, 1.807) is 24.3 Å². The molecule has 0 spiro atoms. The topological polar surface area (TPSA) is 99.8 Å². The Morgan fingerprint density at radius 1 is 1.05 bits per heavy atom. The highest BCUT2D eigenvalue weighted by Gasteiger charge is 2.14. The van der Waals surface area contributed by atoms with Crippen LogP contribution in [0, 0.1) is 0 Å². The van der Waals surface area contributed by atoms with Crippen LogP contribution in [0.5, 0.6) is 5.75 Å². The van der Waals surface area contributed by atoms with E-state index in [9.17, 15) is 14.4 Å². The predicted octanol–water partition coefficient (Wildman–Crippen LogP) is 0.326. The molecule has 0 saturated carbocycles. The second-order valence-electron chi connectivity index (χ2n) is 4.19. The van der Waals surface area contributed by atoms with Crippen LogP contribution in [0.1, 0.15) is 6.92 Å². The zero-order valence-electron chi connectivity index (χ0n) is 12.1. The lowest BCUT2D eigenvalue weighted by Gasteiger charge is -2.12. The number of ether oxygens (including phenoxy) is 1. The lowest BCUT2D eigenvalue weighted by atomic mass is 10.3. The molecule has 0 heterocycles. The molecular weight excluding hydrogens is 276 g/mol. The second-order valence-corrected chi connectivity index (χ2v) is 4.19. The van der Waals surface area contributed by atoms with Gasteiger partial charge in [-0.2, -0.15) is 0 Å². The Morgan fingerprint density at radius 3 is 2.19 bits per heavy atom. The SMILES string of the molecule is CCOc1ccc(NC(=O)C(=O)NNC(=O)N(C)C)cc1. The van der Waals surface area contributed by atoms with Crippen molar-refractivity contribution in [1.82, 2.24) is 15.8 Å². The first-order valence-corrected chi connectivity index (χ1v) is 6.25. The van der Waals surface area contributed by atoms with Crippen LogP contribution in [0.2, 0.25) is 0 Å². The van der Waals surface area contributed by atoms with Gasteiger partial charge in [0.05, 0.1) is 6.61 Å². The summed E-state index contributed by atoms with van der Waals surface area (Å²) in [5, 5.41) is 2.39. The fourth-order valence-electron chi connectivity index (χ4n) is 1.27. The number of anilines is 1. The van der Waals surface area contributed by atoms with Crippen LogP contribution >= 0.6 is 0 Å². The molecule has 0 aromatic heterocycles. The summed E-state index contributed by atoms with van der Waals surface area (Å²) in [6.07, 6.45) is 0. The van der Waals surface area contributed by atoms with Crippen molar-refractivity contribution in [2.24, 2.45) is 0 Å². The van der Waals surface area contributed by atoms with Crippen LogP contribution < -0.4 is 20.9 Å². The molecule has 0 atom stereocenters. The van der Waals surface area contributed by atoms with Crippen LogP contribution in [0.4, 0.5) is 10.5 Å². The van der Waals surface area contributed by atoms with Gasteiger partial charge in [0.15, 0.2) is 0 Å². The van der Waals surface area contributed by atoms with E-state index in [2.05, 4.69) is 10.7 Å². The van der Waals surface area contributed by atoms with E-state index in [0.29, 0.717) is 18.0 Å². The van der Waals surface area contributed by atoms with Gasteiger partial charge in [-0.3, -0.25) is 15.0 Å². The van der Waals surface area contributed by atoms with E-state index in [-0.39, 0.29) is 0 Å². The Bertz CT molecular complexity index is 513. The number of hydrazine groups is 1. The molecule has 0 fully saturated rings. The van der Waals surface area contributed by atoms with Crippen molar-refractivity contribution in [2.45, 2.75) is 6.92 Å². The van der Waals surface area contributed by atoms with E-state index < -0.39 is 17.8 Å². The molecule has 4 amide bonds. The molecule has 1 aromatic rings. The quantitative estimate of drug-likeness (QED) is 0.552. The van der Waals surface area contributed by atoms with Gasteiger partial charge in [-0.05, 0) is 31.2 Å². The summed E-state index contributed by atoms with van der Waals surface area (Å²) in [5.41, 5.74) is 4.52. The number of amides is 4. The Balaban J connectivity index is 2.48. The van der Waals surface area contributed by atoms with Crippen LogP contribution in [0.3, 0.4) is 0 Å². The third-order valence-corrected chi connectivity index (χ3v) is 2.32. The fourth-order valence-corrected chi connectivity index (χ4v) is 1.27. The number of carbonyl (C=O) groups is 3. The Labute approximate surface area is 122 Å². The minimum absolute atomic E-state index is 0.442. The van der Waals surface area contributed by atoms with Gasteiger partial charge < -0.3 is 15.0 Å². The number of nitrogens with one attached hydrogen (secondary N) is 3. The largest absolute Gasteiger partial charge is 0.494 e. The maximum absolute atomic E-state index is 11.6. The zero-order chi connectivity index (χ0) is 15.8. The number of urea groups is 1. The molecule has 114 valence electrons. The molecule has 0 radical (unpaired) electrons. The predicted molar refractivity (Wildman–Crippen MR) is 76.6 cm³/mol.